The lowest BCUT2D eigenvalue weighted by Gasteiger charge is -2.61. The lowest BCUT2D eigenvalue weighted by Crippen LogP contribution is -2.64. The minimum Gasteiger partial charge on any atom is -0.390 e. The van der Waals surface area contributed by atoms with Gasteiger partial charge in [0, 0.05) is 54.9 Å². The van der Waals surface area contributed by atoms with Gasteiger partial charge in [-0.15, -0.1) is 0 Å². The van der Waals surface area contributed by atoms with Gasteiger partial charge in [0.15, 0.2) is 5.78 Å². The molecule has 23 nitrogen and oxygen atoms in total. The summed E-state index contributed by atoms with van der Waals surface area (Å²) in [5.74, 6) is 13.3. The third-order valence-corrected chi connectivity index (χ3v) is 39.8. The van der Waals surface area contributed by atoms with Crippen molar-refractivity contribution in [2.45, 2.75) is 344 Å². The Bertz CT molecular complexity index is 4890. The van der Waals surface area contributed by atoms with E-state index in [0.717, 1.165) is 195 Å². The number of nitrogens with zero attached hydrogens (tertiary/aromatic N) is 14. The first-order chi connectivity index (χ1) is 58.0. The number of carbonyl (C=O) groups excluding carboxylic acids is 3. The summed E-state index contributed by atoms with van der Waals surface area (Å²) in [4.78, 5) is 50.9. The first kappa shape index (κ1) is 87.0. The van der Waals surface area contributed by atoms with Gasteiger partial charge in [0.05, 0.1) is 93.0 Å². The molecular weight excluding hydrogens is 1550 g/mol. The maximum absolute atomic E-state index is 13.7. The number of fused-ring (bicyclic) bond motifs is 19. The van der Waals surface area contributed by atoms with E-state index in [-0.39, 0.29) is 76.2 Å². The highest BCUT2D eigenvalue weighted by Gasteiger charge is 2.63. The first-order valence-corrected chi connectivity index (χ1v) is 49.5. The number of aromatic nitrogens is 8. The Morgan fingerprint density at radius 3 is 1.45 bits per heavy atom. The number of amides is 2. The molecule has 122 heavy (non-hydrogen) atoms. The molecule has 14 fully saturated rings. The number of ketones is 1. The van der Waals surface area contributed by atoms with Crippen LogP contribution in [0, 0.1) is 164 Å². The van der Waals surface area contributed by atoms with Crippen LogP contribution in [0.15, 0.2) is 60.7 Å². The Hall–Kier alpha value is -7.06. The zero-order chi connectivity index (χ0) is 86.0. The molecule has 5 N–H and O–H groups in total. The fourth-order valence-corrected chi connectivity index (χ4v) is 34.5. The molecule has 0 spiro atoms. The van der Waals surface area contributed by atoms with Gasteiger partial charge in [0.25, 0.3) is 0 Å². The second kappa shape index (κ2) is 33.3. The standard InChI is InChI=1S/C25H36N4O2.C25H33N3O2.C24H36N4O2S.C24H34N4O2/c1-24(31)10-8-19-17(13-24)6-7-21-20(19)9-11-25(2)22(21)5-4-12-29(25)23(30)16-28-15-18(26-3)14-27-28;1-24(30)9-7-18-17(11-24)3-4-20-19(18)8-10-25(2)21(20)5-6-22(25)23(29)15-28-14-16(12-26)13-27-28;1-23(29)9-7-18-17(11-23)3-4-20-19(18)8-10-24(2)21(20)5-6-22(24)31(26,30)15-28-14-16(12-25)13-27-28;1-23(30)9-6-18-16(12-23)4-5-20-19(18)7-10-24(2)21(20)8-11-28(24)22(29)15-27-14-17(25-3)13-26-27/h14-15,17,19-22,31H,4-13,16H2,1-2H3;13-14,19-22,30H,3-11,15H2,1-2H3;13-14,17-22,26,29H,3-11,15H2,1-2H3;13-14,16,18-21,30H,4-12,15H2,1-2H3/t17-,19+,20?,21?,22?,24-,25+;19?,20-,21+,22-,24-,25+;17-,18+,19-,20-,21+,22+,23-,24+,31?;16-,18+,19?,20?,21?,23-,24+/m1111/s1. The Labute approximate surface area is 725 Å². The van der Waals surface area contributed by atoms with E-state index in [9.17, 15) is 39.0 Å². The van der Waals surface area contributed by atoms with E-state index in [1.165, 1.54) is 119 Å². The van der Waals surface area contributed by atoms with Crippen LogP contribution in [0.4, 0.5) is 11.4 Å². The monoisotopic (exact) mass is 1690 g/mol. The molecule has 8 unspecified atom stereocenters. The minimum absolute atomic E-state index is 0.0296. The van der Waals surface area contributed by atoms with Crippen LogP contribution in [-0.4, -0.2) is 143 Å². The van der Waals surface area contributed by atoms with Crippen molar-refractivity contribution in [3.05, 3.63) is 94.7 Å². The Morgan fingerprint density at radius 1 is 0.467 bits per heavy atom. The zero-order valence-electron chi connectivity index (χ0n) is 74.2. The van der Waals surface area contributed by atoms with Crippen LogP contribution in [0.2, 0.25) is 0 Å². The minimum atomic E-state index is -2.86. The molecule has 20 rings (SSSR count). The molecule has 24 heteroatoms. The van der Waals surface area contributed by atoms with E-state index in [1.807, 2.05) is 27.7 Å². The van der Waals surface area contributed by atoms with E-state index >= 15 is 0 Å². The van der Waals surface area contributed by atoms with Crippen LogP contribution in [-0.2, 0) is 49.6 Å². The predicted molar refractivity (Wildman–Crippen MR) is 464 cm³/mol. The number of allylic oxidation sites excluding steroid dienone is 1. The fourth-order valence-electron chi connectivity index (χ4n) is 32.1. The highest BCUT2D eigenvalue weighted by Crippen LogP contribution is 2.68. The molecular formula is C98H139N15O8S. The molecule has 6 heterocycles. The van der Waals surface area contributed by atoms with Gasteiger partial charge in [-0.1, -0.05) is 25.0 Å². The quantitative estimate of drug-likeness (QED) is 0.0728. The number of hydrogen-bond acceptors (Lipinski definition) is 15. The van der Waals surface area contributed by atoms with Crippen molar-refractivity contribution in [3.8, 4) is 12.1 Å². The average Bonchev–Trinajstić information content (AvgIpc) is 1.27. The second-order valence-corrected chi connectivity index (χ2v) is 46.9. The predicted octanol–water partition coefficient (Wildman–Crippen LogP) is 17.4. The number of aliphatic hydroxyl groups is 4. The first-order valence-electron chi connectivity index (χ1n) is 47.7. The van der Waals surface area contributed by atoms with Crippen molar-refractivity contribution in [2.75, 3.05) is 13.1 Å². The van der Waals surface area contributed by atoms with Crippen molar-refractivity contribution in [3.63, 3.8) is 0 Å². The molecule has 14 aliphatic carbocycles. The molecule has 0 radical (unpaired) electrons. The van der Waals surface area contributed by atoms with Crippen LogP contribution in [0.25, 0.3) is 9.69 Å². The van der Waals surface area contributed by atoms with E-state index in [0.29, 0.717) is 81.7 Å². The number of Topliss-reactive ketones (excluding diaryl/α,β-unsaturated/α-hetero) is 1. The summed E-state index contributed by atoms with van der Waals surface area (Å²) in [6, 6.07) is 4.15. The van der Waals surface area contributed by atoms with Gasteiger partial charge in [-0.05, 0) is 384 Å². The van der Waals surface area contributed by atoms with Crippen molar-refractivity contribution in [1.29, 1.82) is 15.3 Å². The molecule has 4 aromatic heterocycles. The fraction of sp³-hybridized carbons (Fsp3) is 0.786. The van der Waals surface area contributed by atoms with Gasteiger partial charge in [0.1, 0.15) is 31.1 Å². The second-order valence-electron chi connectivity index (χ2n) is 44.6. The Kier molecular flexibility index (Phi) is 23.7. The SMILES string of the molecule is C[C@@]1(O)CCC2=C(CC[C@@H]3C2CC[C@]2(C)[C@@H](C(=O)Cn4cc(C#N)cn4)CC[C@@H]32)C1.C[C@@]1(O)CC[C@H]2[C@H](CC[C@@H]3[C@@H]2CC[C@@]2(C)[C@H]3CC[C@@H]2S(=N)(=O)Cn2cc(C#N)cn2)C1.[C-]#[N+]c1cnn(CC(=O)N2CCC3C4CC[C@@H]5C[C@](C)(O)CC[C@@H]5C4CC[C@@]32C)c1.[C-]#[N+]c1cnn(CC(=O)N2CCCC3C4CC[C@@H]5C[C@](C)(O)CC[C@@H]5C4CC[C@@]32C)c1. The molecule has 4 aromatic rings. The van der Waals surface area contributed by atoms with Crippen LogP contribution in [0.5, 0.6) is 0 Å². The number of carbonyl (C=O) groups is 3. The Morgan fingerprint density at radius 2 is 0.926 bits per heavy atom. The van der Waals surface area contributed by atoms with Gasteiger partial charge in [0.2, 0.25) is 23.2 Å². The number of nitriles is 2. The number of hydrogen-bond donors (Lipinski definition) is 5. The largest absolute Gasteiger partial charge is 0.390 e. The zero-order valence-corrected chi connectivity index (χ0v) is 75.1. The van der Waals surface area contributed by atoms with Gasteiger partial charge in [-0.3, -0.25) is 37.9 Å². The molecule has 0 bridgehead atoms. The number of rotatable bonds is 10. The van der Waals surface area contributed by atoms with E-state index in [2.05, 4.69) is 79.7 Å². The molecule has 29 atom stereocenters. The molecule has 660 valence electrons. The smallest absolute Gasteiger partial charge is 0.244 e. The average molecular weight is 1690 g/mol. The topological polar surface area (TPSA) is 307 Å². The van der Waals surface area contributed by atoms with Gasteiger partial charge in [-0.2, -0.15) is 30.9 Å². The van der Waals surface area contributed by atoms with Gasteiger partial charge < -0.3 is 30.2 Å². The summed E-state index contributed by atoms with van der Waals surface area (Å²) >= 11 is 0. The third kappa shape index (κ3) is 16.5. The lowest BCUT2D eigenvalue weighted by atomic mass is 9.49. The molecule has 0 aromatic carbocycles. The van der Waals surface area contributed by atoms with Crippen molar-refractivity contribution >= 4 is 38.7 Å². The summed E-state index contributed by atoms with van der Waals surface area (Å²) in [7, 11) is -2.86. The van der Waals surface area contributed by atoms with Crippen LogP contribution in [0.3, 0.4) is 0 Å². The molecule has 16 aliphatic rings. The number of piperidine rings is 1. The van der Waals surface area contributed by atoms with Gasteiger partial charge >= 0.3 is 0 Å². The molecule has 12 saturated carbocycles. The summed E-state index contributed by atoms with van der Waals surface area (Å²) in [5.41, 5.74) is 3.20. The van der Waals surface area contributed by atoms with E-state index in [1.54, 1.807) is 50.0 Å². The van der Waals surface area contributed by atoms with Crippen LogP contribution in [0.1, 0.15) is 291 Å². The highest BCUT2D eigenvalue weighted by molar-refractivity contribution is 7.92. The lowest BCUT2D eigenvalue weighted by molar-refractivity contribution is -0.158. The summed E-state index contributed by atoms with van der Waals surface area (Å²) in [6.07, 6.45) is 51.4. The molecule has 2 saturated heterocycles. The summed E-state index contributed by atoms with van der Waals surface area (Å²) in [6.45, 7) is 34.1. The number of likely N-dealkylation sites (tertiary alicyclic amines) is 2. The third-order valence-electron chi connectivity index (χ3n) is 37.5. The van der Waals surface area contributed by atoms with Crippen molar-refractivity contribution < 1.29 is 39.0 Å². The van der Waals surface area contributed by atoms with E-state index in [4.69, 9.17) is 28.4 Å². The Balaban J connectivity index is 0.000000116. The summed E-state index contributed by atoms with van der Waals surface area (Å²) < 4.78 is 28.9. The summed E-state index contributed by atoms with van der Waals surface area (Å²) in [5, 5.41) is 77.0. The molecule has 2 amide bonds. The van der Waals surface area contributed by atoms with Crippen molar-refractivity contribution in [1.82, 2.24) is 48.9 Å². The normalized spacial score (nSPS) is 42.9. The van der Waals surface area contributed by atoms with E-state index < -0.39 is 32.1 Å². The van der Waals surface area contributed by atoms with Crippen LogP contribution < -0.4 is 0 Å². The maximum Gasteiger partial charge on any atom is 0.244 e. The molecule has 2 aliphatic heterocycles. The van der Waals surface area contributed by atoms with Crippen LogP contribution >= 0.6 is 0 Å². The highest BCUT2D eigenvalue weighted by atomic mass is 32.2. The van der Waals surface area contributed by atoms with Gasteiger partial charge in [-0.25, -0.2) is 13.9 Å². The number of nitrogens with one attached hydrogen (secondary N) is 1. The maximum atomic E-state index is 13.7. The van der Waals surface area contributed by atoms with Crippen molar-refractivity contribution in [2.24, 2.45) is 123 Å².